The molecule has 0 spiro atoms. The summed E-state index contributed by atoms with van der Waals surface area (Å²) >= 11 is 10.5. The fraction of sp³-hybridized carbons (Fsp3) is 0.238. The van der Waals surface area contributed by atoms with Crippen LogP contribution in [0.4, 0.5) is 5.69 Å². The van der Waals surface area contributed by atoms with Gasteiger partial charge in [0.15, 0.2) is 11.0 Å². The molecule has 0 saturated carbocycles. The van der Waals surface area contributed by atoms with Crippen LogP contribution < -0.4 is 15.4 Å². The lowest BCUT2D eigenvalue weighted by atomic mass is 10.2. The van der Waals surface area contributed by atoms with Gasteiger partial charge in [-0.1, -0.05) is 23.4 Å². The molecule has 3 N–H and O–H groups in total. The van der Waals surface area contributed by atoms with Gasteiger partial charge in [0.1, 0.15) is 11.8 Å². The summed E-state index contributed by atoms with van der Waals surface area (Å²) in [5.41, 5.74) is 0.991. The molecule has 2 amide bonds. The SMILES string of the molecule is COc1ccc(C(=O)N[C@@H](CO)c2nnc(SCC(=O)Nc3ccc(Br)c(Cl)c3)n2C)cc1. The number of carbonyl (C=O) groups is 2. The number of rotatable bonds is 9. The van der Waals surface area contributed by atoms with E-state index in [-0.39, 0.29) is 24.2 Å². The quantitative estimate of drug-likeness (QED) is 0.347. The van der Waals surface area contributed by atoms with Crippen LogP contribution >= 0.6 is 39.3 Å². The third kappa shape index (κ3) is 6.47. The zero-order chi connectivity index (χ0) is 24.0. The predicted octanol–water partition coefficient (Wildman–Crippen LogP) is 3.43. The fourth-order valence-electron chi connectivity index (χ4n) is 2.83. The van der Waals surface area contributed by atoms with Gasteiger partial charge in [0, 0.05) is 22.8 Å². The van der Waals surface area contributed by atoms with Crippen molar-refractivity contribution in [2.24, 2.45) is 7.05 Å². The van der Waals surface area contributed by atoms with E-state index < -0.39 is 6.04 Å². The number of aliphatic hydroxyl groups excluding tert-OH is 1. The molecule has 1 atom stereocenters. The molecule has 2 aromatic carbocycles. The Labute approximate surface area is 208 Å². The van der Waals surface area contributed by atoms with Gasteiger partial charge >= 0.3 is 0 Å². The number of nitrogens with one attached hydrogen (secondary N) is 2. The number of anilines is 1. The number of halogens is 2. The number of nitrogens with zero attached hydrogens (tertiary/aromatic N) is 3. The lowest BCUT2D eigenvalue weighted by Crippen LogP contribution is -2.32. The van der Waals surface area contributed by atoms with Crippen LogP contribution in [-0.2, 0) is 11.8 Å². The molecule has 0 aliphatic heterocycles. The minimum Gasteiger partial charge on any atom is -0.497 e. The third-order valence-corrected chi connectivity index (χ3v) is 6.81. The molecular formula is C21H21BrClN5O4S. The Morgan fingerprint density at radius 3 is 2.61 bits per heavy atom. The number of aliphatic hydroxyl groups is 1. The molecular weight excluding hydrogens is 534 g/mol. The van der Waals surface area contributed by atoms with Gasteiger partial charge in [-0.15, -0.1) is 10.2 Å². The number of thioether (sulfide) groups is 1. The number of aromatic nitrogens is 3. The zero-order valence-electron chi connectivity index (χ0n) is 17.7. The van der Waals surface area contributed by atoms with Crippen molar-refractivity contribution in [1.29, 1.82) is 0 Å². The van der Waals surface area contributed by atoms with E-state index in [1.54, 1.807) is 61.2 Å². The van der Waals surface area contributed by atoms with Gasteiger partial charge in [0.2, 0.25) is 5.91 Å². The number of hydrogen-bond acceptors (Lipinski definition) is 7. The molecule has 3 aromatic rings. The van der Waals surface area contributed by atoms with Crippen molar-refractivity contribution in [2.75, 3.05) is 24.8 Å². The number of ether oxygens (including phenoxy) is 1. The molecule has 0 radical (unpaired) electrons. The average molecular weight is 555 g/mol. The Balaban J connectivity index is 1.61. The highest BCUT2D eigenvalue weighted by Crippen LogP contribution is 2.26. The molecule has 33 heavy (non-hydrogen) atoms. The molecule has 0 bridgehead atoms. The number of hydrogen-bond donors (Lipinski definition) is 3. The number of amides is 2. The summed E-state index contributed by atoms with van der Waals surface area (Å²) in [5.74, 6) is 0.465. The Hall–Kier alpha value is -2.60. The molecule has 174 valence electrons. The second-order valence-corrected chi connectivity index (χ2v) is 9.01. The average Bonchev–Trinajstić information content (AvgIpc) is 3.18. The van der Waals surface area contributed by atoms with Gasteiger partial charge in [-0.25, -0.2) is 0 Å². The van der Waals surface area contributed by atoms with Crippen LogP contribution in [0.3, 0.4) is 0 Å². The van der Waals surface area contributed by atoms with Gasteiger partial charge < -0.3 is 25.0 Å². The smallest absolute Gasteiger partial charge is 0.251 e. The summed E-state index contributed by atoms with van der Waals surface area (Å²) in [6.45, 7) is -0.372. The summed E-state index contributed by atoms with van der Waals surface area (Å²) < 4.78 is 7.46. The van der Waals surface area contributed by atoms with Gasteiger partial charge in [0.05, 0.1) is 24.5 Å². The fourth-order valence-corrected chi connectivity index (χ4v) is 3.98. The lowest BCUT2D eigenvalue weighted by Gasteiger charge is -2.16. The van der Waals surface area contributed by atoms with Crippen LogP contribution in [-0.4, -0.2) is 51.2 Å². The largest absolute Gasteiger partial charge is 0.497 e. The van der Waals surface area contributed by atoms with Gasteiger partial charge in [0.25, 0.3) is 5.91 Å². The second kappa shape index (κ2) is 11.5. The van der Waals surface area contributed by atoms with Crippen LogP contribution in [0.1, 0.15) is 22.2 Å². The Morgan fingerprint density at radius 1 is 1.24 bits per heavy atom. The van der Waals surface area contributed by atoms with E-state index in [4.69, 9.17) is 16.3 Å². The predicted molar refractivity (Wildman–Crippen MR) is 130 cm³/mol. The molecule has 0 unspecified atom stereocenters. The van der Waals surface area contributed by atoms with Crippen molar-refractivity contribution in [2.45, 2.75) is 11.2 Å². The summed E-state index contributed by atoms with van der Waals surface area (Å²) in [6.07, 6.45) is 0. The first-order chi connectivity index (χ1) is 15.8. The van der Waals surface area contributed by atoms with Gasteiger partial charge in [-0.05, 0) is 58.4 Å². The van der Waals surface area contributed by atoms with E-state index >= 15 is 0 Å². The molecule has 0 aliphatic carbocycles. The maximum Gasteiger partial charge on any atom is 0.251 e. The van der Waals surface area contributed by atoms with E-state index in [0.29, 0.717) is 33.0 Å². The Bertz CT molecular complexity index is 1140. The highest BCUT2D eigenvalue weighted by Gasteiger charge is 2.22. The van der Waals surface area contributed by atoms with Crippen LogP contribution in [0, 0.1) is 0 Å². The molecule has 0 fully saturated rings. The van der Waals surface area contributed by atoms with Crippen LogP contribution in [0.25, 0.3) is 0 Å². The molecule has 9 nitrogen and oxygen atoms in total. The van der Waals surface area contributed by atoms with Crippen molar-refractivity contribution < 1.29 is 19.4 Å². The minimum atomic E-state index is -0.773. The van der Waals surface area contributed by atoms with E-state index in [0.717, 1.165) is 4.47 Å². The molecule has 12 heteroatoms. The summed E-state index contributed by atoms with van der Waals surface area (Å²) in [7, 11) is 3.24. The van der Waals surface area contributed by atoms with Crippen LogP contribution in [0.2, 0.25) is 5.02 Å². The normalized spacial score (nSPS) is 11.7. The first-order valence-corrected chi connectivity index (χ1v) is 11.8. The van der Waals surface area contributed by atoms with Crippen molar-refractivity contribution in [3.05, 3.63) is 63.3 Å². The van der Waals surface area contributed by atoms with Crippen molar-refractivity contribution in [3.8, 4) is 5.75 Å². The van der Waals surface area contributed by atoms with Crippen molar-refractivity contribution in [3.63, 3.8) is 0 Å². The number of carbonyl (C=O) groups excluding carboxylic acids is 2. The molecule has 1 heterocycles. The monoisotopic (exact) mass is 553 g/mol. The van der Waals surface area contributed by atoms with Crippen molar-refractivity contribution >= 4 is 56.8 Å². The van der Waals surface area contributed by atoms with Crippen LogP contribution in [0.15, 0.2) is 52.1 Å². The molecule has 1 aromatic heterocycles. The van der Waals surface area contributed by atoms with Gasteiger partial charge in [-0.2, -0.15) is 0 Å². The minimum absolute atomic E-state index is 0.0850. The first-order valence-electron chi connectivity index (χ1n) is 9.65. The maximum absolute atomic E-state index is 12.5. The highest BCUT2D eigenvalue weighted by molar-refractivity contribution is 9.10. The Morgan fingerprint density at radius 2 is 1.97 bits per heavy atom. The third-order valence-electron chi connectivity index (χ3n) is 4.56. The molecule has 3 rings (SSSR count). The summed E-state index contributed by atoms with van der Waals surface area (Å²) in [4.78, 5) is 24.8. The van der Waals surface area contributed by atoms with E-state index in [2.05, 4.69) is 36.8 Å². The van der Waals surface area contributed by atoms with Crippen LogP contribution in [0.5, 0.6) is 5.75 Å². The standard InChI is InChI=1S/C21H21BrClN5O4S/c1-28-19(17(10-29)25-20(31)12-3-6-14(32-2)7-4-12)26-27-21(28)33-11-18(30)24-13-5-8-15(22)16(23)9-13/h3-9,17,29H,10-11H2,1-2H3,(H,24,30)(H,25,31)/t17-/m0/s1. The van der Waals surface area contributed by atoms with E-state index in [1.165, 1.54) is 11.8 Å². The maximum atomic E-state index is 12.5. The van der Waals surface area contributed by atoms with E-state index in [1.807, 2.05) is 0 Å². The van der Waals surface area contributed by atoms with E-state index in [9.17, 15) is 14.7 Å². The second-order valence-electron chi connectivity index (χ2n) is 6.80. The molecule has 0 aliphatic rings. The summed E-state index contributed by atoms with van der Waals surface area (Å²) in [6, 6.07) is 10.9. The summed E-state index contributed by atoms with van der Waals surface area (Å²) in [5, 5.41) is 24.4. The first kappa shape index (κ1) is 25.0. The number of methoxy groups -OCH3 is 1. The highest BCUT2D eigenvalue weighted by atomic mass is 79.9. The lowest BCUT2D eigenvalue weighted by molar-refractivity contribution is -0.113. The van der Waals surface area contributed by atoms with Gasteiger partial charge in [-0.3, -0.25) is 9.59 Å². The Kier molecular flexibility index (Phi) is 8.73. The van der Waals surface area contributed by atoms with Crippen molar-refractivity contribution in [1.82, 2.24) is 20.1 Å². The molecule has 0 saturated heterocycles. The number of benzene rings is 2. The zero-order valence-corrected chi connectivity index (χ0v) is 20.9. The topological polar surface area (TPSA) is 118 Å².